The molecule has 1 rings (SSSR count). The van der Waals surface area contributed by atoms with E-state index in [2.05, 4.69) is 31.9 Å². The summed E-state index contributed by atoms with van der Waals surface area (Å²) in [5.41, 5.74) is 0.708. The number of benzene rings is 1. The fourth-order valence-corrected chi connectivity index (χ4v) is 1.54. The van der Waals surface area contributed by atoms with E-state index >= 15 is 0 Å². The van der Waals surface area contributed by atoms with Crippen LogP contribution in [0.1, 0.15) is 12.5 Å². The smallest absolute Gasteiger partial charge is 0.165 e. The summed E-state index contributed by atoms with van der Waals surface area (Å²) in [6.07, 6.45) is 1.76. The molecule has 0 aliphatic rings. The van der Waals surface area contributed by atoms with Crippen LogP contribution in [-0.2, 0) is 0 Å². The molecule has 2 nitrogen and oxygen atoms in total. The van der Waals surface area contributed by atoms with Gasteiger partial charge < -0.3 is 9.84 Å². The fourth-order valence-electron chi connectivity index (χ4n) is 1.05. The van der Waals surface area contributed by atoms with E-state index in [0.29, 0.717) is 17.9 Å². The quantitative estimate of drug-likeness (QED) is 0.915. The van der Waals surface area contributed by atoms with Crippen LogP contribution in [0.25, 0.3) is 6.08 Å². The lowest BCUT2D eigenvalue weighted by molar-refractivity contribution is 0.318. The molecule has 1 N–H and O–H groups in total. The summed E-state index contributed by atoms with van der Waals surface area (Å²) in [6, 6.07) is 5.37. The van der Waals surface area contributed by atoms with Crippen LogP contribution in [0.4, 0.5) is 0 Å². The van der Waals surface area contributed by atoms with E-state index in [1.165, 1.54) is 0 Å². The highest BCUT2D eigenvalue weighted by molar-refractivity contribution is 9.28. The van der Waals surface area contributed by atoms with Crippen molar-refractivity contribution in [3.05, 3.63) is 27.2 Å². The SMILES string of the molecule is CCOc1cccc(C=C(Br)Br)c1O. The number of hydrogen-bond acceptors (Lipinski definition) is 2. The number of aromatic hydroxyl groups is 1. The van der Waals surface area contributed by atoms with E-state index in [1.54, 1.807) is 18.2 Å². The van der Waals surface area contributed by atoms with Crippen LogP contribution < -0.4 is 4.74 Å². The first kappa shape index (κ1) is 11.6. The summed E-state index contributed by atoms with van der Waals surface area (Å²) < 4.78 is 6.02. The van der Waals surface area contributed by atoms with Crippen molar-refractivity contribution in [3.8, 4) is 11.5 Å². The number of rotatable bonds is 3. The van der Waals surface area contributed by atoms with Gasteiger partial charge >= 0.3 is 0 Å². The molecule has 0 fully saturated rings. The minimum absolute atomic E-state index is 0.158. The van der Waals surface area contributed by atoms with Crippen LogP contribution in [0.15, 0.2) is 21.6 Å². The Morgan fingerprint density at radius 2 is 2.21 bits per heavy atom. The molecule has 14 heavy (non-hydrogen) atoms. The molecule has 0 spiro atoms. The molecule has 0 atom stereocenters. The van der Waals surface area contributed by atoms with Crippen molar-refractivity contribution >= 4 is 37.9 Å². The van der Waals surface area contributed by atoms with E-state index in [9.17, 15) is 5.11 Å². The summed E-state index contributed by atoms with van der Waals surface area (Å²) in [7, 11) is 0. The Morgan fingerprint density at radius 3 is 2.79 bits per heavy atom. The molecule has 0 saturated heterocycles. The lowest BCUT2D eigenvalue weighted by atomic mass is 10.2. The number of hydrogen-bond donors (Lipinski definition) is 1. The lowest BCUT2D eigenvalue weighted by Gasteiger charge is -2.07. The molecule has 76 valence electrons. The van der Waals surface area contributed by atoms with Crippen molar-refractivity contribution in [3.63, 3.8) is 0 Å². The Bertz CT molecular complexity index is 344. The lowest BCUT2D eigenvalue weighted by Crippen LogP contribution is -1.92. The van der Waals surface area contributed by atoms with Crippen LogP contribution in [0.5, 0.6) is 11.5 Å². The summed E-state index contributed by atoms with van der Waals surface area (Å²) in [6.45, 7) is 2.42. The molecule has 0 bridgehead atoms. The second-order valence-corrected chi connectivity index (χ2v) is 5.33. The molecule has 0 unspecified atom stereocenters. The monoisotopic (exact) mass is 320 g/mol. The number of phenolic OH excluding ortho intramolecular Hbond substituents is 1. The average Bonchev–Trinajstić information content (AvgIpc) is 2.11. The standard InChI is InChI=1S/C10H10Br2O2/c1-2-14-8-5-3-4-7(10(8)13)6-9(11)12/h3-6,13H,2H2,1H3. The van der Waals surface area contributed by atoms with Crippen LogP contribution in [0.3, 0.4) is 0 Å². The number of halogens is 2. The summed E-state index contributed by atoms with van der Waals surface area (Å²) >= 11 is 6.47. The minimum atomic E-state index is 0.158. The second kappa shape index (κ2) is 5.41. The fraction of sp³-hybridized carbons (Fsp3) is 0.200. The third-order valence-electron chi connectivity index (χ3n) is 1.59. The Balaban J connectivity index is 3.07. The van der Waals surface area contributed by atoms with Crippen molar-refractivity contribution < 1.29 is 9.84 Å². The van der Waals surface area contributed by atoms with Crippen LogP contribution in [-0.4, -0.2) is 11.7 Å². The molecule has 1 aromatic carbocycles. The van der Waals surface area contributed by atoms with Gasteiger partial charge in [-0.1, -0.05) is 12.1 Å². The molecule has 0 radical (unpaired) electrons. The highest BCUT2D eigenvalue weighted by Crippen LogP contribution is 2.32. The largest absolute Gasteiger partial charge is 0.504 e. The first-order chi connectivity index (χ1) is 6.65. The molecule has 0 aliphatic heterocycles. The molecule has 0 heterocycles. The van der Waals surface area contributed by atoms with Crippen molar-refractivity contribution in [1.29, 1.82) is 0 Å². The number of ether oxygens (including phenoxy) is 1. The van der Waals surface area contributed by atoms with E-state index in [1.807, 2.05) is 13.0 Å². The Morgan fingerprint density at radius 1 is 1.50 bits per heavy atom. The van der Waals surface area contributed by atoms with Crippen LogP contribution in [0.2, 0.25) is 0 Å². The van der Waals surface area contributed by atoms with Gasteiger partial charge in [-0.2, -0.15) is 0 Å². The predicted octanol–water partition coefficient (Wildman–Crippen LogP) is 3.88. The van der Waals surface area contributed by atoms with Crippen molar-refractivity contribution in [1.82, 2.24) is 0 Å². The maximum atomic E-state index is 9.76. The second-order valence-electron chi connectivity index (χ2n) is 2.56. The summed E-state index contributed by atoms with van der Waals surface area (Å²) in [5.74, 6) is 0.660. The summed E-state index contributed by atoms with van der Waals surface area (Å²) in [5, 5.41) is 9.76. The predicted molar refractivity (Wildman–Crippen MR) is 65.1 cm³/mol. The average molecular weight is 322 g/mol. The van der Waals surface area contributed by atoms with Crippen LogP contribution in [0, 0.1) is 0 Å². The van der Waals surface area contributed by atoms with Gasteiger partial charge in [0.1, 0.15) is 0 Å². The van der Waals surface area contributed by atoms with E-state index in [0.717, 1.165) is 3.39 Å². The zero-order valence-electron chi connectivity index (χ0n) is 7.63. The van der Waals surface area contributed by atoms with Crippen molar-refractivity contribution in [2.45, 2.75) is 6.92 Å². The highest BCUT2D eigenvalue weighted by Gasteiger charge is 2.05. The molecule has 0 saturated carbocycles. The highest BCUT2D eigenvalue weighted by atomic mass is 79.9. The third-order valence-corrected chi connectivity index (χ3v) is 2.05. The number of phenols is 1. The molecule has 4 heteroatoms. The topological polar surface area (TPSA) is 29.5 Å². The van der Waals surface area contributed by atoms with Gasteiger partial charge in [0.25, 0.3) is 0 Å². The molecule has 1 aromatic rings. The van der Waals surface area contributed by atoms with Gasteiger partial charge in [-0.05, 0) is 50.9 Å². The summed E-state index contributed by atoms with van der Waals surface area (Å²) in [4.78, 5) is 0. The van der Waals surface area contributed by atoms with Gasteiger partial charge in [-0.3, -0.25) is 0 Å². The Kier molecular flexibility index (Phi) is 4.48. The maximum Gasteiger partial charge on any atom is 0.165 e. The zero-order valence-corrected chi connectivity index (χ0v) is 10.8. The van der Waals surface area contributed by atoms with Gasteiger partial charge in [0.15, 0.2) is 11.5 Å². The van der Waals surface area contributed by atoms with Crippen molar-refractivity contribution in [2.75, 3.05) is 6.61 Å². The zero-order chi connectivity index (χ0) is 10.6. The third kappa shape index (κ3) is 3.03. The van der Waals surface area contributed by atoms with Crippen molar-refractivity contribution in [2.24, 2.45) is 0 Å². The van der Waals surface area contributed by atoms with Gasteiger partial charge in [-0.25, -0.2) is 0 Å². The molecule has 0 aromatic heterocycles. The van der Waals surface area contributed by atoms with E-state index in [-0.39, 0.29) is 5.75 Å². The van der Waals surface area contributed by atoms with Gasteiger partial charge in [0.2, 0.25) is 0 Å². The number of para-hydroxylation sites is 1. The molecule has 0 aliphatic carbocycles. The van der Waals surface area contributed by atoms with E-state index < -0.39 is 0 Å². The minimum Gasteiger partial charge on any atom is -0.504 e. The van der Waals surface area contributed by atoms with Gasteiger partial charge in [0.05, 0.1) is 10.00 Å². The molecule has 0 amide bonds. The first-order valence-electron chi connectivity index (χ1n) is 4.12. The Labute approximate surface area is 99.8 Å². The van der Waals surface area contributed by atoms with Gasteiger partial charge in [0, 0.05) is 5.56 Å². The Hall–Kier alpha value is -0.480. The van der Waals surface area contributed by atoms with E-state index in [4.69, 9.17) is 4.74 Å². The normalized spacial score (nSPS) is 9.64. The molecular formula is C10H10Br2O2. The van der Waals surface area contributed by atoms with Gasteiger partial charge in [-0.15, -0.1) is 0 Å². The first-order valence-corrected chi connectivity index (χ1v) is 5.71. The van der Waals surface area contributed by atoms with Crippen LogP contribution >= 0.6 is 31.9 Å². The molecular weight excluding hydrogens is 312 g/mol. The maximum absolute atomic E-state index is 9.76.